The number of nitrogens with one attached hydrogen (secondary N) is 1. The van der Waals surface area contributed by atoms with Gasteiger partial charge in [-0.2, -0.15) is 4.98 Å². The van der Waals surface area contributed by atoms with Crippen LogP contribution in [0.25, 0.3) is 10.3 Å². The Morgan fingerprint density at radius 2 is 2.24 bits per heavy atom. The molecule has 8 nitrogen and oxygen atoms in total. The van der Waals surface area contributed by atoms with Gasteiger partial charge in [0.1, 0.15) is 15.2 Å². The molecule has 0 aliphatic carbocycles. The average molecular weight is 304 g/mol. The highest BCUT2D eigenvalue weighted by Gasteiger charge is 2.17. The second-order valence-electron chi connectivity index (χ2n) is 4.30. The predicted octanol–water partition coefficient (Wildman–Crippen LogP) is 0.937. The van der Waals surface area contributed by atoms with Gasteiger partial charge in [0.15, 0.2) is 5.82 Å². The molecule has 3 heterocycles. The van der Waals surface area contributed by atoms with Gasteiger partial charge in [-0.15, -0.1) is 11.3 Å². The van der Waals surface area contributed by atoms with Crippen molar-refractivity contribution < 1.29 is 9.32 Å². The molecule has 3 aromatic heterocycles. The van der Waals surface area contributed by atoms with E-state index in [0.29, 0.717) is 45.6 Å². The maximum absolute atomic E-state index is 12.1. The lowest BCUT2D eigenvalue weighted by Gasteiger charge is -2.01. The molecule has 0 aromatic carbocycles. The van der Waals surface area contributed by atoms with E-state index in [4.69, 9.17) is 10.3 Å². The zero-order chi connectivity index (χ0) is 14.8. The summed E-state index contributed by atoms with van der Waals surface area (Å²) in [4.78, 5) is 25.5. The number of nitrogens with zero attached hydrogens (tertiary/aromatic N) is 4. The molecular weight excluding hydrogens is 292 g/mol. The van der Waals surface area contributed by atoms with Crippen molar-refractivity contribution in [2.45, 2.75) is 13.3 Å². The normalized spacial score (nSPS) is 10.9. The molecule has 0 fully saturated rings. The summed E-state index contributed by atoms with van der Waals surface area (Å²) in [6.07, 6.45) is 3.58. The van der Waals surface area contributed by atoms with Crippen LogP contribution >= 0.6 is 11.3 Å². The monoisotopic (exact) mass is 304 g/mol. The first-order chi connectivity index (χ1) is 10.1. The molecule has 1 amide bonds. The first-order valence-electron chi connectivity index (χ1n) is 6.21. The summed E-state index contributed by atoms with van der Waals surface area (Å²) in [5.74, 6) is 0.802. The third-order valence-electron chi connectivity index (χ3n) is 2.76. The van der Waals surface area contributed by atoms with Crippen LogP contribution in [0.3, 0.4) is 0 Å². The van der Waals surface area contributed by atoms with Crippen LogP contribution in [0.5, 0.6) is 0 Å². The Labute approximate surface area is 123 Å². The number of aryl methyl sites for hydroxylation is 1. The predicted molar refractivity (Wildman–Crippen MR) is 76.9 cm³/mol. The first kappa shape index (κ1) is 13.4. The molecule has 9 heteroatoms. The van der Waals surface area contributed by atoms with Crippen molar-refractivity contribution in [1.82, 2.24) is 25.4 Å². The smallest absolute Gasteiger partial charge is 0.263 e. The second kappa shape index (κ2) is 5.44. The molecule has 0 saturated heterocycles. The highest BCUT2D eigenvalue weighted by molar-refractivity contribution is 7.21. The summed E-state index contributed by atoms with van der Waals surface area (Å²) in [5.41, 5.74) is 6.84. The van der Waals surface area contributed by atoms with E-state index in [2.05, 4.69) is 25.4 Å². The van der Waals surface area contributed by atoms with Gasteiger partial charge < -0.3 is 15.6 Å². The molecule has 0 aliphatic heterocycles. The number of anilines is 1. The molecule has 0 bridgehead atoms. The number of nitrogen functional groups attached to an aromatic ring is 1. The second-order valence-corrected chi connectivity index (χ2v) is 5.30. The molecule has 0 spiro atoms. The minimum Gasteiger partial charge on any atom is -0.396 e. The molecule has 0 unspecified atom stereocenters. The van der Waals surface area contributed by atoms with Crippen molar-refractivity contribution in [3.63, 3.8) is 0 Å². The van der Waals surface area contributed by atoms with Crippen LogP contribution in [0.15, 0.2) is 16.9 Å². The number of fused-ring (bicyclic) bond motifs is 1. The van der Waals surface area contributed by atoms with Gasteiger partial charge in [-0.05, 0) is 6.92 Å². The fourth-order valence-electron chi connectivity index (χ4n) is 1.82. The highest BCUT2D eigenvalue weighted by atomic mass is 32.1. The number of aromatic nitrogens is 4. The lowest BCUT2D eigenvalue weighted by molar-refractivity contribution is 0.0958. The third-order valence-corrected chi connectivity index (χ3v) is 3.86. The number of hydrogen-bond acceptors (Lipinski definition) is 8. The van der Waals surface area contributed by atoms with E-state index in [0.717, 1.165) is 0 Å². The zero-order valence-electron chi connectivity index (χ0n) is 11.2. The third kappa shape index (κ3) is 2.68. The zero-order valence-corrected chi connectivity index (χ0v) is 12.0. The fraction of sp³-hybridized carbons (Fsp3) is 0.250. The Morgan fingerprint density at radius 3 is 2.95 bits per heavy atom. The molecule has 21 heavy (non-hydrogen) atoms. The van der Waals surface area contributed by atoms with Gasteiger partial charge in [0.05, 0.1) is 5.69 Å². The summed E-state index contributed by atoms with van der Waals surface area (Å²) in [6.45, 7) is 2.12. The largest absolute Gasteiger partial charge is 0.396 e. The van der Waals surface area contributed by atoms with Crippen molar-refractivity contribution in [2.75, 3.05) is 12.3 Å². The summed E-state index contributed by atoms with van der Waals surface area (Å²) >= 11 is 1.22. The molecule has 0 saturated carbocycles. The Morgan fingerprint density at radius 1 is 1.43 bits per heavy atom. The number of carbonyl (C=O) groups is 1. The van der Waals surface area contributed by atoms with Gasteiger partial charge in [-0.25, -0.2) is 9.97 Å². The van der Waals surface area contributed by atoms with E-state index >= 15 is 0 Å². The van der Waals surface area contributed by atoms with E-state index in [1.165, 1.54) is 11.3 Å². The number of rotatable bonds is 4. The van der Waals surface area contributed by atoms with E-state index in [1.807, 2.05) is 0 Å². The number of nitrogens with two attached hydrogens (primary N) is 1. The number of thiophene rings is 1. The Hall–Kier alpha value is -2.55. The van der Waals surface area contributed by atoms with Gasteiger partial charge in [0.25, 0.3) is 5.91 Å². The van der Waals surface area contributed by atoms with E-state index in [9.17, 15) is 4.79 Å². The van der Waals surface area contributed by atoms with Crippen LogP contribution in [-0.2, 0) is 6.42 Å². The minimum absolute atomic E-state index is 0.256. The van der Waals surface area contributed by atoms with Crippen LogP contribution in [0.1, 0.15) is 21.4 Å². The van der Waals surface area contributed by atoms with Crippen LogP contribution < -0.4 is 11.1 Å². The Bertz CT molecular complexity index is 796. The minimum atomic E-state index is -0.256. The van der Waals surface area contributed by atoms with E-state index < -0.39 is 0 Å². The molecule has 0 radical (unpaired) electrons. The summed E-state index contributed by atoms with van der Waals surface area (Å²) in [5, 5.41) is 6.45. The molecule has 0 atom stereocenters. The quantitative estimate of drug-likeness (QED) is 0.735. The van der Waals surface area contributed by atoms with Crippen molar-refractivity contribution in [3.05, 3.63) is 29.0 Å². The van der Waals surface area contributed by atoms with Crippen LogP contribution in [-0.4, -0.2) is 32.6 Å². The van der Waals surface area contributed by atoms with Gasteiger partial charge >= 0.3 is 0 Å². The lowest BCUT2D eigenvalue weighted by atomic mass is 10.3. The van der Waals surface area contributed by atoms with Crippen LogP contribution in [0.4, 0.5) is 5.69 Å². The van der Waals surface area contributed by atoms with Crippen LogP contribution in [0.2, 0.25) is 0 Å². The molecule has 108 valence electrons. The van der Waals surface area contributed by atoms with Gasteiger partial charge in [0.2, 0.25) is 5.89 Å². The molecule has 3 N–H and O–H groups in total. The Balaban J connectivity index is 1.68. The van der Waals surface area contributed by atoms with E-state index in [1.54, 1.807) is 19.3 Å². The summed E-state index contributed by atoms with van der Waals surface area (Å²) < 4.78 is 4.97. The summed E-state index contributed by atoms with van der Waals surface area (Å²) in [6, 6.07) is 0. The molecule has 3 aromatic rings. The number of hydrogen-bond donors (Lipinski definition) is 2. The summed E-state index contributed by atoms with van der Waals surface area (Å²) in [7, 11) is 0. The van der Waals surface area contributed by atoms with Crippen molar-refractivity contribution in [2.24, 2.45) is 0 Å². The molecule has 3 rings (SSSR count). The maximum atomic E-state index is 12.1. The Kier molecular flexibility index (Phi) is 3.48. The molecular formula is C12H12N6O2S. The standard InChI is InChI=1S/C12H12N6O2S/c1-6-17-7(20-18-6)2-3-15-11(19)10-8(13)9-12(21-10)16-5-4-14-9/h4-5H,2-3,13H2,1H3,(H,15,19). The molecule has 0 aliphatic rings. The highest BCUT2D eigenvalue weighted by Crippen LogP contribution is 2.30. The first-order valence-corrected chi connectivity index (χ1v) is 7.03. The fourth-order valence-corrected chi connectivity index (χ4v) is 2.76. The SMILES string of the molecule is Cc1noc(CCNC(=O)c2sc3nccnc3c2N)n1. The van der Waals surface area contributed by atoms with Gasteiger partial charge in [-0.3, -0.25) is 4.79 Å². The lowest BCUT2D eigenvalue weighted by Crippen LogP contribution is -2.25. The number of amides is 1. The van der Waals surface area contributed by atoms with Gasteiger partial charge in [-0.1, -0.05) is 5.16 Å². The van der Waals surface area contributed by atoms with Crippen molar-refractivity contribution in [1.29, 1.82) is 0 Å². The van der Waals surface area contributed by atoms with Crippen molar-refractivity contribution >= 4 is 33.3 Å². The number of carbonyl (C=O) groups excluding carboxylic acids is 1. The average Bonchev–Trinajstić information content (AvgIpc) is 3.03. The van der Waals surface area contributed by atoms with Crippen LogP contribution in [0, 0.1) is 6.92 Å². The topological polar surface area (TPSA) is 120 Å². The maximum Gasteiger partial charge on any atom is 0.263 e. The van der Waals surface area contributed by atoms with Crippen molar-refractivity contribution in [3.8, 4) is 0 Å². The van der Waals surface area contributed by atoms with E-state index in [-0.39, 0.29) is 5.91 Å². The van der Waals surface area contributed by atoms with Gasteiger partial charge in [0, 0.05) is 25.4 Å².